The first-order valence-corrected chi connectivity index (χ1v) is 11.3. The third-order valence-electron chi connectivity index (χ3n) is 6.31. The Bertz CT molecular complexity index is 862. The molecule has 1 heterocycles. The fraction of sp³-hybridized carbons (Fsp3) is 0.583. The van der Waals surface area contributed by atoms with Gasteiger partial charge in [0.05, 0.1) is 11.7 Å². The van der Waals surface area contributed by atoms with Crippen LogP contribution in [0.5, 0.6) is 0 Å². The number of aliphatic hydroxyl groups is 2. The number of aromatic nitrogens is 2. The first kappa shape index (κ1) is 24.6. The van der Waals surface area contributed by atoms with Gasteiger partial charge in [0.15, 0.2) is 5.82 Å². The van der Waals surface area contributed by atoms with Crippen molar-refractivity contribution in [1.82, 2.24) is 15.3 Å². The molecular weight excluding hydrogens is 419 g/mol. The minimum Gasteiger partial charge on any atom is -0.396 e. The average molecular weight is 452 g/mol. The summed E-state index contributed by atoms with van der Waals surface area (Å²) in [6.45, 7) is 2.90. The van der Waals surface area contributed by atoms with Crippen LogP contribution < -0.4 is 5.32 Å². The Balaban J connectivity index is 1.74. The van der Waals surface area contributed by atoms with Crippen molar-refractivity contribution >= 4 is 0 Å². The van der Waals surface area contributed by atoms with Crippen molar-refractivity contribution in [1.29, 1.82) is 0 Å². The number of aliphatic hydroxyl groups excluding tert-OH is 2. The molecule has 176 valence electrons. The molecule has 0 bridgehead atoms. The Morgan fingerprint density at radius 2 is 1.94 bits per heavy atom. The summed E-state index contributed by atoms with van der Waals surface area (Å²) in [4.78, 5) is 8.67. The molecule has 1 aliphatic rings. The lowest BCUT2D eigenvalue weighted by atomic mass is 9.88. The second-order valence-corrected chi connectivity index (χ2v) is 8.59. The highest BCUT2D eigenvalue weighted by molar-refractivity contribution is 5.56. The van der Waals surface area contributed by atoms with Crippen LogP contribution in [-0.2, 0) is 12.6 Å². The largest absolute Gasteiger partial charge is 0.416 e. The number of hydrogen-bond donors (Lipinski definition) is 3. The Hall–Kier alpha value is -2.03. The molecule has 32 heavy (non-hydrogen) atoms. The van der Waals surface area contributed by atoms with E-state index in [0.717, 1.165) is 31.5 Å². The van der Waals surface area contributed by atoms with E-state index in [1.165, 1.54) is 18.9 Å². The smallest absolute Gasteiger partial charge is 0.396 e. The number of nitrogens with one attached hydrogen (secondary N) is 1. The predicted octanol–water partition coefficient (Wildman–Crippen LogP) is 4.23. The lowest BCUT2D eigenvalue weighted by Crippen LogP contribution is -2.37. The Morgan fingerprint density at radius 3 is 2.66 bits per heavy atom. The van der Waals surface area contributed by atoms with E-state index in [0.29, 0.717) is 24.1 Å². The standard InChI is InChI=1S/C24H32F3N3O2/c1-2-3-4-5-10-28-21-14-22(32)20(15-31)19(21)13-18-9-11-29-23(30-18)16-7-6-8-17(12-16)24(25,26)27/h6-9,11-12,19-22,28,31-32H,2-5,10,13-15H2,1H3/t19-,20-,21-,22-/m1/s1. The quantitative estimate of drug-likeness (QED) is 0.471. The van der Waals surface area contributed by atoms with Crippen LogP contribution in [0.2, 0.25) is 0 Å². The zero-order valence-electron chi connectivity index (χ0n) is 18.4. The molecule has 0 amide bonds. The maximum atomic E-state index is 13.1. The highest BCUT2D eigenvalue weighted by atomic mass is 19.4. The van der Waals surface area contributed by atoms with Gasteiger partial charge in [-0.25, -0.2) is 9.97 Å². The minimum atomic E-state index is -4.43. The molecule has 0 unspecified atom stereocenters. The molecular formula is C24H32F3N3O2. The van der Waals surface area contributed by atoms with E-state index in [-0.39, 0.29) is 30.3 Å². The summed E-state index contributed by atoms with van der Waals surface area (Å²) in [5.74, 6) is -0.0580. The topological polar surface area (TPSA) is 78.3 Å². The molecule has 0 radical (unpaired) electrons. The van der Waals surface area contributed by atoms with Gasteiger partial charge >= 0.3 is 6.18 Å². The third kappa shape index (κ3) is 6.27. The van der Waals surface area contributed by atoms with Gasteiger partial charge in [0.1, 0.15) is 0 Å². The van der Waals surface area contributed by atoms with Gasteiger partial charge in [0.25, 0.3) is 0 Å². The molecule has 8 heteroatoms. The van der Waals surface area contributed by atoms with Crippen molar-refractivity contribution in [2.75, 3.05) is 13.2 Å². The van der Waals surface area contributed by atoms with E-state index in [1.807, 2.05) is 0 Å². The molecule has 3 N–H and O–H groups in total. The van der Waals surface area contributed by atoms with Crippen LogP contribution in [0, 0.1) is 11.8 Å². The summed E-state index contributed by atoms with van der Waals surface area (Å²) in [5, 5.41) is 23.8. The maximum Gasteiger partial charge on any atom is 0.416 e. The van der Waals surface area contributed by atoms with Gasteiger partial charge in [-0.15, -0.1) is 0 Å². The first-order valence-electron chi connectivity index (χ1n) is 11.3. The Kier molecular flexibility index (Phi) is 8.62. The van der Waals surface area contributed by atoms with Crippen molar-refractivity contribution in [2.45, 2.75) is 63.8 Å². The van der Waals surface area contributed by atoms with Crippen molar-refractivity contribution in [3.05, 3.63) is 47.8 Å². The molecule has 1 aliphatic carbocycles. The summed E-state index contributed by atoms with van der Waals surface area (Å²) in [7, 11) is 0. The number of benzene rings is 1. The second-order valence-electron chi connectivity index (χ2n) is 8.59. The van der Waals surface area contributed by atoms with Gasteiger partial charge in [0.2, 0.25) is 0 Å². The molecule has 0 spiro atoms. The van der Waals surface area contributed by atoms with Crippen LogP contribution in [0.1, 0.15) is 50.3 Å². The number of hydrogen-bond acceptors (Lipinski definition) is 5. The number of nitrogens with zero attached hydrogens (tertiary/aromatic N) is 2. The van der Waals surface area contributed by atoms with Gasteiger partial charge in [-0.2, -0.15) is 13.2 Å². The average Bonchev–Trinajstić information content (AvgIpc) is 3.07. The van der Waals surface area contributed by atoms with E-state index < -0.39 is 17.8 Å². The molecule has 1 fully saturated rings. The number of unbranched alkanes of at least 4 members (excludes halogenated alkanes) is 3. The lowest BCUT2D eigenvalue weighted by Gasteiger charge is -2.25. The Labute approximate surface area is 187 Å². The molecule has 3 rings (SSSR count). The summed E-state index contributed by atoms with van der Waals surface area (Å²) >= 11 is 0. The maximum absolute atomic E-state index is 13.1. The highest BCUT2D eigenvalue weighted by Gasteiger charge is 2.42. The van der Waals surface area contributed by atoms with Crippen molar-refractivity contribution in [3.8, 4) is 11.4 Å². The fourth-order valence-corrected chi connectivity index (χ4v) is 4.54. The van der Waals surface area contributed by atoms with Crippen LogP contribution in [0.3, 0.4) is 0 Å². The van der Waals surface area contributed by atoms with Crippen LogP contribution in [0.4, 0.5) is 13.2 Å². The monoisotopic (exact) mass is 451 g/mol. The molecule has 0 saturated heterocycles. The van der Waals surface area contributed by atoms with E-state index in [4.69, 9.17) is 0 Å². The fourth-order valence-electron chi connectivity index (χ4n) is 4.54. The number of halogens is 3. The molecule has 1 aromatic carbocycles. The van der Waals surface area contributed by atoms with E-state index in [9.17, 15) is 23.4 Å². The van der Waals surface area contributed by atoms with Gasteiger partial charge in [-0.05, 0) is 49.9 Å². The normalized spacial score (nSPS) is 23.6. The Morgan fingerprint density at radius 1 is 1.12 bits per heavy atom. The number of alkyl halides is 3. The van der Waals surface area contributed by atoms with Crippen molar-refractivity contribution < 1.29 is 23.4 Å². The van der Waals surface area contributed by atoms with E-state index in [1.54, 1.807) is 18.3 Å². The molecule has 2 aromatic rings. The summed E-state index contributed by atoms with van der Waals surface area (Å²) in [6, 6.07) is 6.78. The summed E-state index contributed by atoms with van der Waals surface area (Å²) in [5.41, 5.74) is 0.246. The molecule has 1 saturated carbocycles. The van der Waals surface area contributed by atoms with E-state index >= 15 is 0 Å². The molecule has 0 aliphatic heterocycles. The minimum absolute atomic E-state index is 0.0227. The number of rotatable bonds is 10. The zero-order chi connectivity index (χ0) is 23.1. The lowest BCUT2D eigenvalue weighted by molar-refractivity contribution is -0.137. The van der Waals surface area contributed by atoms with Crippen LogP contribution in [0.25, 0.3) is 11.4 Å². The highest BCUT2D eigenvalue weighted by Crippen LogP contribution is 2.35. The van der Waals surface area contributed by atoms with Crippen LogP contribution in [-0.4, -0.2) is 45.5 Å². The van der Waals surface area contributed by atoms with Crippen molar-refractivity contribution in [3.63, 3.8) is 0 Å². The molecule has 5 nitrogen and oxygen atoms in total. The van der Waals surface area contributed by atoms with Gasteiger partial charge in [-0.1, -0.05) is 38.3 Å². The first-order chi connectivity index (χ1) is 15.3. The predicted molar refractivity (Wildman–Crippen MR) is 117 cm³/mol. The van der Waals surface area contributed by atoms with Gasteiger partial charge in [-0.3, -0.25) is 0 Å². The van der Waals surface area contributed by atoms with Crippen molar-refractivity contribution in [2.24, 2.45) is 11.8 Å². The SMILES string of the molecule is CCCCCCN[C@@H]1C[C@@H](O)[C@H](CO)[C@H]1Cc1ccnc(-c2cccc(C(F)(F)F)c2)n1. The van der Waals surface area contributed by atoms with Gasteiger partial charge < -0.3 is 15.5 Å². The van der Waals surface area contributed by atoms with Gasteiger partial charge in [0, 0.05) is 36.0 Å². The van der Waals surface area contributed by atoms with Crippen LogP contribution in [0.15, 0.2) is 36.5 Å². The van der Waals surface area contributed by atoms with Crippen LogP contribution >= 0.6 is 0 Å². The zero-order valence-corrected chi connectivity index (χ0v) is 18.4. The van der Waals surface area contributed by atoms with E-state index in [2.05, 4.69) is 22.2 Å². The third-order valence-corrected chi connectivity index (χ3v) is 6.31. The summed E-state index contributed by atoms with van der Waals surface area (Å²) in [6.07, 6.45) is 2.16. The molecule has 1 aromatic heterocycles. The second kappa shape index (κ2) is 11.2. The summed E-state index contributed by atoms with van der Waals surface area (Å²) < 4.78 is 39.2. The molecule has 4 atom stereocenters.